The van der Waals surface area contributed by atoms with Crippen LogP contribution in [0.2, 0.25) is 0 Å². The molecule has 0 saturated carbocycles. The van der Waals surface area contributed by atoms with Gasteiger partial charge in [0.2, 0.25) is 0 Å². The van der Waals surface area contributed by atoms with Gasteiger partial charge in [0.25, 0.3) is 0 Å². The maximum atomic E-state index is 13.0. The van der Waals surface area contributed by atoms with Gasteiger partial charge < -0.3 is 0 Å². The molecule has 0 N–H and O–H groups in total. The lowest BCUT2D eigenvalue weighted by molar-refractivity contribution is 0.0992. The SMILES string of the molecule is Cc1cncc(C(=O)Cc2ccc(F)c(F)c2)c1. The first-order chi connectivity index (χ1) is 8.56. The van der Waals surface area contributed by atoms with Gasteiger partial charge in [0.15, 0.2) is 17.4 Å². The quantitative estimate of drug-likeness (QED) is 0.780. The number of hydrogen-bond acceptors (Lipinski definition) is 2. The van der Waals surface area contributed by atoms with E-state index in [4.69, 9.17) is 0 Å². The number of rotatable bonds is 3. The summed E-state index contributed by atoms with van der Waals surface area (Å²) in [6.07, 6.45) is 3.14. The molecule has 0 aliphatic rings. The van der Waals surface area contributed by atoms with E-state index in [1.54, 1.807) is 12.3 Å². The lowest BCUT2D eigenvalue weighted by atomic mass is 10.0. The largest absolute Gasteiger partial charge is 0.294 e. The molecular formula is C14H11F2NO. The number of Topliss-reactive ketones (excluding diaryl/α,β-unsaturated/α-hetero) is 1. The van der Waals surface area contributed by atoms with Gasteiger partial charge in [0.05, 0.1) is 0 Å². The highest BCUT2D eigenvalue weighted by Crippen LogP contribution is 2.12. The molecule has 18 heavy (non-hydrogen) atoms. The second kappa shape index (κ2) is 5.04. The van der Waals surface area contributed by atoms with Gasteiger partial charge >= 0.3 is 0 Å². The molecule has 0 bridgehead atoms. The van der Waals surface area contributed by atoms with Crippen molar-refractivity contribution in [3.8, 4) is 0 Å². The van der Waals surface area contributed by atoms with Crippen LogP contribution in [0.1, 0.15) is 21.5 Å². The van der Waals surface area contributed by atoms with Crippen molar-refractivity contribution in [3.63, 3.8) is 0 Å². The predicted molar refractivity (Wildman–Crippen MR) is 63.4 cm³/mol. The van der Waals surface area contributed by atoms with Gasteiger partial charge in [-0.25, -0.2) is 8.78 Å². The molecule has 2 rings (SSSR count). The van der Waals surface area contributed by atoms with Crippen molar-refractivity contribution in [3.05, 3.63) is 65.0 Å². The molecular weight excluding hydrogens is 236 g/mol. The highest BCUT2D eigenvalue weighted by atomic mass is 19.2. The zero-order valence-electron chi connectivity index (χ0n) is 9.78. The molecule has 1 aromatic heterocycles. The van der Waals surface area contributed by atoms with E-state index in [1.165, 1.54) is 12.3 Å². The summed E-state index contributed by atoms with van der Waals surface area (Å²) in [6.45, 7) is 1.83. The standard InChI is InChI=1S/C14H11F2NO/c1-9-4-11(8-17-7-9)14(18)6-10-2-3-12(15)13(16)5-10/h2-5,7-8H,6H2,1H3. The molecule has 0 radical (unpaired) electrons. The normalized spacial score (nSPS) is 10.4. The van der Waals surface area contributed by atoms with E-state index < -0.39 is 11.6 Å². The minimum atomic E-state index is -0.942. The van der Waals surface area contributed by atoms with Crippen molar-refractivity contribution in [1.29, 1.82) is 0 Å². The van der Waals surface area contributed by atoms with E-state index in [1.807, 2.05) is 6.92 Å². The fourth-order valence-corrected chi connectivity index (χ4v) is 1.64. The number of halogens is 2. The van der Waals surface area contributed by atoms with Crippen LogP contribution in [-0.4, -0.2) is 10.8 Å². The molecule has 0 saturated heterocycles. The third-order valence-corrected chi connectivity index (χ3v) is 2.55. The Kier molecular flexibility index (Phi) is 3.46. The zero-order chi connectivity index (χ0) is 13.1. The van der Waals surface area contributed by atoms with Crippen molar-refractivity contribution in [2.45, 2.75) is 13.3 Å². The Labute approximate surface area is 103 Å². The predicted octanol–water partition coefficient (Wildman–Crippen LogP) is 3.09. The van der Waals surface area contributed by atoms with Crippen LogP contribution in [0.25, 0.3) is 0 Å². The van der Waals surface area contributed by atoms with E-state index in [0.717, 1.165) is 17.7 Å². The van der Waals surface area contributed by atoms with E-state index in [9.17, 15) is 13.6 Å². The van der Waals surface area contributed by atoms with Crippen LogP contribution in [-0.2, 0) is 6.42 Å². The Morgan fingerprint density at radius 1 is 1.17 bits per heavy atom. The van der Waals surface area contributed by atoms with E-state index in [0.29, 0.717) is 11.1 Å². The lowest BCUT2D eigenvalue weighted by Crippen LogP contribution is -2.05. The Bertz CT molecular complexity index is 596. The Hall–Kier alpha value is -2.10. The van der Waals surface area contributed by atoms with Crippen LogP contribution in [0.5, 0.6) is 0 Å². The molecule has 0 atom stereocenters. The summed E-state index contributed by atoms with van der Waals surface area (Å²) in [5.74, 6) is -2.02. The molecule has 92 valence electrons. The summed E-state index contributed by atoms with van der Waals surface area (Å²) in [6, 6.07) is 5.18. The third-order valence-electron chi connectivity index (χ3n) is 2.55. The second-order valence-corrected chi connectivity index (χ2v) is 4.10. The van der Waals surface area contributed by atoms with Gasteiger partial charge in [-0.05, 0) is 36.2 Å². The summed E-state index contributed by atoms with van der Waals surface area (Å²) in [5.41, 5.74) is 1.80. The Morgan fingerprint density at radius 2 is 1.94 bits per heavy atom. The lowest BCUT2D eigenvalue weighted by Gasteiger charge is -2.03. The molecule has 0 aliphatic heterocycles. The first-order valence-corrected chi connectivity index (χ1v) is 5.45. The molecule has 2 aromatic rings. The molecule has 1 aromatic carbocycles. The van der Waals surface area contributed by atoms with Crippen LogP contribution in [0, 0.1) is 18.6 Å². The van der Waals surface area contributed by atoms with Crippen molar-refractivity contribution >= 4 is 5.78 Å². The molecule has 0 fully saturated rings. The number of aromatic nitrogens is 1. The van der Waals surface area contributed by atoms with Gasteiger partial charge in [-0.2, -0.15) is 0 Å². The number of ketones is 1. The molecule has 4 heteroatoms. The van der Waals surface area contributed by atoms with E-state index in [2.05, 4.69) is 4.98 Å². The first kappa shape index (κ1) is 12.4. The van der Waals surface area contributed by atoms with Gasteiger partial charge in [-0.1, -0.05) is 6.07 Å². The Balaban J connectivity index is 2.18. The second-order valence-electron chi connectivity index (χ2n) is 4.10. The maximum Gasteiger partial charge on any atom is 0.168 e. The average molecular weight is 247 g/mol. The van der Waals surface area contributed by atoms with Crippen LogP contribution in [0.4, 0.5) is 8.78 Å². The third kappa shape index (κ3) is 2.77. The van der Waals surface area contributed by atoms with Crippen LogP contribution in [0.3, 0.4) is 0 Å². The summed E-state index contributed by atoms with van der Waals surface area (Å²) in [7, 11) is 0. The minimum absolute atomic E-state index is 0.0301. The number of hydrogen-bond donors (Lipinski definition) is 0. The van der Waals surface area contributed by atoms with Gasteiger partial charge in [0.1, 0.15) is 0 Å². The summed E-state index contributed by atoms with van der Waals surface area (Å²) in [5, 5.41) is 0. The topological polar surface area (TPSA) is 30.0 Å². The Morgan fingerprint density at radius 3 is 2.61 bits per heavy atom. The van der Waals surface area contributed by atoms with E-state index >= 15 is 0 Å². The van der Waals surface area contributed by atoms with Gasteiger partial charge in [-0.15, -0.1) is 0 Å². The number of carbonyl (C=O) groups excluding carboxylic acids is 1. The summed E-state index contributed by atoms with van der Waals surface area (Å²) < 4.78 is 25.7. The molecule has 0 amide bonds. The van der Waals surface area contributed by atoms with Crippen LogP contribution in [0.15, 0.2) is 36.7 Å². The van der Waals surface area contributed by atoms with E-state index in [-0.39, 0.29) is 12.2 Å². The number of benzene rings is 1. The first-order valence-electron chi connectivity index (χ1n) is 5.45. The summed E-state index contributed by atoms with van der Waals surface area (Å²) >= 11 is 0. The zero-order valence-corrected chi connectivity index (χ0v) is 9.78. The van der Waals surface area contributed by atoms with Crippen molar-refractivity contribution in [1.82, 2.24) is 4.98 Å². The summed E-state index contributed by atoms with van der Waals surface area (Å²) in [4.78, 5) is 15.8. The number of aryl methyl sites for hydroxylation is 1. The maximum absolute atomic E-state index is 13.0. The number of carbonyl (C=O) groups is 1. The smallest absolute Gasteiger partial charge is 0.168 e. The highest BCUT2D eigenvalue weighted by molar-refractivity contribution is 5.97. The fourth-order valence-electron chi connectivity index (χ4n) is 1.64. The van der Waals surface area contributed by atoms with Crippen LogP contribution >= 0.6 is 0 Å². The fraction of sp³-hybridized carbons (Fsp3) is 0.143. The molecule has 2 nitrogen and oxygen atoms in total. The number of pyridine rings is 1. The number of nitrogens with zero attached hydrogens (tertiary/aromatic N) is 1. The minimum Gasteiger partial charge on any atom is -0.294 e. The van der Waals surface area contributed by atoms with Crippen LogP contribution < -0.4 is 0 Å². The molecule has 0 spiro atoms. The average Bonchev–Trinajstić information content (AvgIpc) is 2.34. The monoisotopic (exact) mass is 247 g/mol. The highest BCUT2D eigenvalue weighted by Gasteiger charge is 2.09. The van der Waals surface area contributed by atoms with Crippen molar-refractivity contribution < 1.29 is 13.6 Å². The van der Waals surface area contributed by atoms with Crippen molar-refractivity contribution in [2.75, 3.05) is 0 Å². The van der Waals surface area contributed by atoms with Gasteiger partial charge in [-0.3, -0.25) is 9.78 Å². The van der Waals surface area contributed by atoms with Crippen molar-refractivity contribution in [2.24, 2.45) is 0 Å². The van der Waals surface area contributed by atoms with Gasteiger partial charge in [0, 0.05) is 24.4 Å². The molecule has 1 heterocycles. The molecule has 0 unspecified atom stereocenters. The molecule has 0 aliphatic carbocycles.